The molecule has 0 saturated carbocycles. The number of rotatable bonds is 5. The highest BCUT2D eigenvalue weighted by Crippen LogP contribution is 2.29. The summed E-state index contributed by atoms with van der Waals surface area (Å²) in [5.41, 5.74) is 4.98. The molecule has 5 rings (SSSR count). The molecule has 1 saturated heterocycles. The third kappa shape index (κ3) is 4.43. The highest BCUT2D eigenvalue weighted by atomic mass is 16.1. The van der Waals surface area contributed by atoms with Gasteiger partial charge in [-0.1, -0.05) is 37.3 Å². The summed E-state index contributed by atoms with van der Waals surface area (Å²) in [6.45, 7) is 7.23. The molecule has 1 fully saturated rings. The van der Waals surface area contributed by atoms with Crippen molar-refractivity contribution < 1.29 is 4.79 Å². The fraction of sp³-hybridized carbons (Fsp3) is 0.222. The first-order chi connectivity index (χ1) is 16.2. The number of nitrogens with zero attached hydrogens (tertiary/aromatic N) is 4. The van der Waals surface area contributed by atoms with Gasteiger partial charge in [-0.2, -0.15) is 0 Å². The van der Waals surface area contributed by atoms with Crippen LogP contribution in [0.15, 0.2) is 79.1 Å². The second-order valence-electron chi connectivity index (χ2n) is 8.20. The molecule has 3 heterocycles. The molecule has 1 aliphatic heterocycles. The zero-order valence-corrected chi connectivity index (χ0v) is 18.7. The van der Waals surface area contributed by atoms with E-state index >= 15 is 0 Å². The van der Waals surface area contributed by atoms with E-state index in [1.54, 1.807) is 12.4 Å². The molecule has 0 aliphatic carbocycles. The van der Waals surface area contributed by atoms with E-state index < -0.39 is 0 Å². The van der Waals surface area contributed by atoms with E-state index in [-0.39, 0.29) is 5.91 Å². The third-order valence-electron chi connectivity index (χ3n) is 6.25. The van der Waals surface area contributed by atoms with Crippen molar-refractivity contribution in [3.05, 3.63) is 84.7 Å². The number of likely N-dealkylation sites (N-methyl/N-ethyl adjacent to an activating group) is 1. The Morgan fingerprint density at radius 3 is 2.45 bits per heavy atom. The van der Waals surface area contributed by atoms with E-state index in [1.807, 2.05) is 60.7 Å². The number of aromatic nitrogens is 2. The molecule has 6 nitrogen and oxygen atoms in total. The second-order valence-corrected chi connectivity index (χ2v) is 8.20. The average Bonchev–Trinajstić information content (AvgIpc) is 2.89. The molecule has 0 radical (unpaired) electrons. The number of hydrogen-bond donors (Lipinski definition) is 1. The molecule has 166 valence electrons. The van der Waals surface area contributed by atoms with E-state index in [9.17, 15) is 4.79 Å². The standard InChI is InChI=1S/C27H27N5O/c1-2-31-15-17-32(18-16-31)26-10-6-5-9-24(26)30-27(33)22-19-25(20-11-13-28-14-12-20)29-23-8-4-3-7-21(22)23/h3-14,19H,2,15-18H2,1H3,(H,30,33). The number of fused-ring (bicyclic) bond motifs is 1. The Kier molecular flexibility index (Phi) is 6.00. The Morgan fingerprint density at radius 2 is 1.67 bits per heavy atom. The zero-order chi connectivity index (χ0) is 22.6. The minimum Gasteiger partial charge on any atom is -0.367 e. The summed E-state index contributed by atoms with van der Waals surface area (Å²) in [6.07, 6.45) is 3.47. The lowest BCUT2D eigenvalue weighted by Crippen LogP contribution is -2.46. The molecule has 6 heteroatoms. The summed E-state index contributed by atoms with van der Waals surface area (Å²) in [5, 5.41) is 4.02. The van der Waals surface area contributed by atoms with Crippen molar-refractivity contribution in [1.29, 1.82) is 0 Å². The van der Waals surface area contributed by atoms with E-state index in [2.05, 4.69) is 33.1 Å². The number of piperazine rings is 1. The lowest BCUT2D eigenvalue weighted by atomic mass is 10.0. The monoisotopic (exact) mass is 437 g/mol. The van der Waals surface area contributed by atoms with Crippen molar-refractivity contribution >= 4 is 28.2 Å². The van der Waals surface area contributed by atoms with Gasteiger partial charge in [0.1, 0.15) is 0 Å². The molecular formula is C27H27N5O. The highest BCUT2D eigenvalue weighted by molar-refractivity contribution is 6.14. The maximum atomic E-state index is 13.6. The van der Waals surface area contributed by atoms with Crippen LogP contribution in [0.3, 0.4) is 0 Å². The van der Waals surface area contributed by atoms with Crippen LogP contribution in [-0.2, 0) is 0 Å². The van der Waals surface area contributed by atoms with Gasteiger partial charge in [0.2, 0.25) is 0 Å². The lowest BCUT2D eigenvalue weighted by molar-refractivity contribution is 0.102. The molecule has 33 heavy (non-hydrogen) atoms. The van der Waals surface area contributed by atoms with Gasteiger partial charge in [0.25, 0.3) is 5.91 Å². The van der Waals surface area contributed by atoms with Crippen LogP contribution in [0, 0.1) is 0 Å². The van der Waals surface area contributed by atoms with Crippen LogP contribution in [0.4, 0.5) is 11.4 Å². The summed E-state index contributed by atoms with van der Waals surface area (Å²) in [5.74, 6) is -0.136. The average molecular weight is 438 g/mol. The van der Waals surface area contributed by atoms with Crippen molar-refractivity contribution in [2.45, 2.75) is 6.92 Å². The van der Waals surface area contributed by atoms with Crippen LogP contribution < -0.4 is 10.2 Å². The van der Waals surface area contributed by atoms with Crippen molar-refractivity contribution in [3.8, 4) is 11.3 Å². The van der Waals surface area contributed by atoms with E-state index in [0.717, 1.165) is 66.3 Å². The van der Waals surface area contributed by atoms with E-state index in [1.165, 1.54) is 0 Å². The number of nitrogens with one attached hydrogen (secondary N) is 1. The molecule has 2 aromatic carbocycles. The van der Waals surface area contributed by atoms with Gasteiger partial charge in [0.05, 0.1) is 28.1 Å². The lowest BCUT2D eigenvalue weighted by Gasteiger charge is -2.36. The summed E-state index contributed by atoms with van der Waals surface area (Å²) < 4.78 is 0. The topological polar surface area (TPSA) is 61.4 Å². The van der Waals surface area contributed by atoms with Gasteiger partial charge in [-0.3, -0.25) is 9.78 Å². The van der Waals surface area contributed by atoms with Crippen molar-refractivity contribution in [2.75, 3.05) is 42.9 Å². The van der Waals surface area contributed by atoms with E-state index in [4.69, 9.17) is 4.98 Å². The Morgan fingerprint density at radius 1 is 0.939 bits per heavy atom. The minimum atomic E-state index is -0.136. The summed E-state index contributed by atoms with van der Waals surface area (Å²) in [7, 11) is 0. The Labute approximate surface area is 193 Å². The first-order valence-electron chi connectivity index (χ1n) is 11.4. The van der Waals surface area contributed by atoms with E-state index in [0.29, 0.717) is 5.56 Å². The van der Waals surface area contributed by atoms with Crippen LogP contribution in [0.25, 0.3) is 22.2 Å². The van der Waals surface area contributed by atoms with Gasteiger partial charge in [-0.05, 0) is 42.9 Å². The maximum absolute atomic E-state index is 13.6. The smallest absolute Gasteiger partial charge is 0.256 e. The Bertz CT molecular complexity index is 1270. The molecular weight excluding hydrogens is 410 g/mol. The number of pyridine rings is 2. The number of amides is 1. The normalized spacial score (nSPS) is 14.4. The molecule has 0 unspecified atom stereocenters. The second kappa shape index (κ2) is 9.38. The number of para-hydroxylation sites is 3. The van der Waals surface area contributed by atoms with Gasteiger partial charge in [0, 0.05) is 49.5 Å². The van der Waals surface area contributed by atoms with Crippen LogP contribution in [0.2, 0.25) is 0 Å². The highest BCUT2D eigenvalue weighted by Gasteiger charge is 2.20. The Hall–Kier alpha value is -3.77. The van der Waals surface area contributed by atoms with Crippen LogP contribution in [0.1, 0.15) is 17.3 Å². The summed E-state index contributed by atoms with van der Waals surface area (Å²) >= 11 is 0. The van der Waals surface area contributed by atoms with Gasteiger partial charge >= 0.3 is 0 Å². The molecule has 4 aromatic rings. The van der Waals surface area contributed by atoms with Crippen LogP contribution >= 0.6 is 0 Å². The molecule has 1 aliphatic rings. The fourth-order valence-electron chi connectivity index (χ4n) is 4.38. The fourth-order valence-corrected chi connectivity index (χ4v) is 4.38. The number of carbonyl (C=O) groups excluding carboxylic acids is 1. The first kappa shape index (κ1) is 21.1. The van der Waals surface area contributed by atoms with Gasteiger partial charge in [0.15, 0.2) is 0 Å². The van der Waals surface area contributed by atoms with Crippen molar-refractivity contribution in [3.63, 3.8) is 0 Å². The molecule has 2 aromatic heterocycles. The molecule has 0 bridgehead atoms. The minimum absolute atomic E-state index is 0.136. The van der Waals surface area contributed by atoms with Crippen molar-refractivity contribution in [2.24, 2.45) is 0 Å². The third-order valence-corrected chi connectivity index (χ3v) is 6.25. The van der Waals surface area contributed by atoms with Crippen molar-refractivity contribution in [1.82, 2.24) is 14.9 Å². The molecule has 0 spiro atoms. The SMILES string of the molecule is CCN1CCN(c2ccccc2NC(=O)c2cc(-c3ccncc3)nc3ccccc23)CC1. The number of benzene rings is 2. The van der Waals surface area contributed by atoms with Gasteiger partial charge in [-0.25, -0.2) is 4.98 Å². The zero-order valence-electron chi connectivity index (χ0n) is 18.7. The number of anilines is 2. The number of carbonyl (C=O) groups is 1. The van der Waals surface area contributed by atoms with Gasteiger partial charge < -0.3 is 15.1 Å². The predicted molar refractivity (Wildman–Crippen MR) is 134 cm³/mol. The maximum Gasteiger partial charge on any atom is 0.256 e. The molecule has 0 atom stereocenters. The summed E-state index contributed by atoms with van der Waals surface area (Å²) in [4.78, 5) is 27.2. The molecule has 1 amide bonds. The van der Waals surface area contributed by atoms with Crippen LogP contribution in [0.5, 0.6) is 0 Å². The largest absolute Gasteiger partial charge is 0.367 e. The summed E-state index contributed by atoms with van der Waals surface area (Å²) in [6, 6.07) is 21.5. The quantitative estimate of drug-likeness (QED) is 0.491. The first-order valence-corrected chi connectivity index (χ1v) is 11.4. The predicted octanol–water partition coefficient (Wildman–Crippen LogP) is 4.69. The molecule has 1 N–H and O–H groups in total. The Balaban J connectivity index is 1.48. The number of hydrogen-bond acceptors (Lipinski definition) is 5. The van der Waals surface area contributed by atoms with Crippen LogP contribution in [-0.4, -0.2) is 53.5 Å². The van der Waals surface area contributed by atoms with Gasteiger partial charge in [-0.15, -0.1) is 0 Å².